The van der Waals surface area contributed by atoms with Gasteiger partial charge in [-0.15, -0.1) is 0 Å². The number of phenolic OH excluding ortho intramolecular Hbond substituents is 1. The van der Waals surface area contributed by atoms with E-state index in [-0.39, 0.29) is 11.2 Å². The normalized spacial score (nSPS) is 18.1. The Bertz CT molecular complexity index is 1850. The summed E-state index contributed by atoms with van der Waals surface area (Å²) in [5.74, 6) is 0.280. The predicted molar refractivity (Wildman–Crippen MR) is 160 cm³/mol. The Kier molecular flexibility index (Phi) is 4.75. The first-order chi connectivity index (χ1) is 19.2. The number of benzene rings is 5. The molecule has 0 fully saturated rings. The standard InChI is InChI=1S/C37H27NO/c39-36-21-19-26(22-30(36)24-10-2-1-3-11-24)38-25-18-20-35-31(23-25)29-14-6-9-17-34(29)37(35)32-15-7-4-12-27(32)28-13-5-8-16-33(28)37/h1-7,9-15,17-23,38-39H,8,16H2. The van der Waals surface area contributed by atoms with Gasteiger partial charge in [0.25, 0.3) is 0 Å². The van der Waals surface area contributed by atoms with Gasteiger partial charge >= 0.3 is 0 Å². The first kappa shape index (κ1) is 22.2. The SMILES string of the molecule is Oc1ccc(Nc2ccc3c(c2)-c2ccccc2C32C3=C(C=CCC3)c3ccccc32)cc1-c1ccccc1. The maximum Gasteiger partial charge on any atom is 0.123 e. The molecule has 2 heteroatoms. The van der Waals surface area contributed by atoms with Crippen LogP contribution in [0.5, 0.6) is 5.75 Å². The summed E-state index contributed by atoms with van der Waals surface area (Å²) >= 11 is 0. The minimum absolute atomic E-state index is 0.236. The average molecular weight is 502 g/mol. The van der Waals surface area contributed by atoms with E-state index in [4.69, 9.17) is 0 Å². The second-order valence-corrected chi connectivity index (χ2v) is 10.7. The average Bonchev–Trinajstić information content (AvgIpc) is 3.46. The molecule has 0 aromatic heterocycles. The van der Waals surface area contributed by atoms with E-state index in [1.165, 1.54) is 44.5 Å². The van der Waals surface area contributed by atoms with Crippen molar-refractivity contribution in [3.05, 3.63) is 155 Å². The molecule has 1 atom stereocenters. The molecule has 3 aliphatic carbocycles. The summed E-state index contributed by atoms with van der Waals surface area (Å²) in [7, 11) is 0. The summed E-state index contributed by atoms with van der Waals surface area (Å²) in [5.41, 5.74) is 14.6. The summed E-state index contributed by atoms with van der Waals surface area (Å²) < 4.78 is 0. The molecule has 1 spiro atoms. The maximum absolute atomic E-state index is 10.5. The summed E-state index contributed by atoms with van der Waals surface area (Å²) in [6.07, 6.45) is 6.82. The van der Waals surface area contributed by atoms with Crippen molar-refractivity contribution in [2.24, 2.45) is 0 Å². The van der Waals surface area contributed by atoms with E-state index in [1.54, 1.807) is 6.07 Å². The van der Waals surface area contributed by atoms with Crippen molar-refractivity contribution >= 4 is 16.9 Å². The van der Waals surface area contributed by atoms with E-state index in [0.29, 0.717) is 0 Å². The molecule has 186 valence electrons. The van der Waals surface area contributed by atoms with Crippen LogP contribution in [0, 0.1) is 0 Å². The van der Waals surface area contributed by atoms with Gasteiger partial charge in [0.15, 0.2) is 0 Å². The number of phenols is 1. The van der Waals surface area contributed by atoms with Gasteiger partial charge in [-0.3, -0.25) is 0 Å². The zero-order valence-electron chi connectivity index (χ0n) is 21.5. The van der Waals surface area contributed by atoms with E-state index >= 15 is 0 Å². The highest BCUT2D eigenvalue weighted by atomic mass is 16.3. The van der Waals surface area contributed by atoms with Gasteiger partial charge in [0.2, 0.25) is 0 Å². The molecule has 8 rings (SSSR count). The van der Waals surface area contributed by atoms with Crippen LogP contribution in [-0.4, -0.2) is 5.11 Å². The van der Waals surface area contributed by atoms with E-state index in [1.807, 2.05) is 42.5 Å². The van der Waals surface area contributed by atoms with Crippen molar-refractivity contribution in [1.82, 2.24) is 0 Å². The van der Waals surface area contributed by atoms with Crippen molar-refractivity contribution in [1.29, 1.82) is 0 Å². The van der Waals surface area contributed by atoms with E-state index in [0.717, 1.165) is 35.3 Å². The highest BCUT2D eigenvalue weighted by molar-refractivity contribution is 5.97. The summed E-state index contributed by atoms with van der Waals surface area (Å²) in [4.78, 5) is 0. The van der Waals surface area contributed by atoms with Crippen LogP contribution in [0.2, 0.25) is 0 Å². The van der Waals surface area contributed by atoms with E-state index in [2.05, 4.69) is 84.2 Å². The Morgan fingerprint density at radius 1 is 0.590 bits per heavy atom. The molecular formula is C37H27NO. The van der Waals surface area contributed by atoms with Crippen LogP contribution in [0.1, 0.15) is 35.1 Å². The quantitative estimate of drug-likeness (QED) is 0.242. The lowest BCUT2D eigenvalue weighted by atomic mass is 9.68. The lowest BCUT2D eigenvalue weighted by Gasteiger charge is -2.33. The van der Waals surface area contributed by atoms with Gasteiger partial charge in [0, 0.05) is 16.9 Å². The first-order valence-electron chi connectivity index (χ1n) is 13.6. The molecule has 0 heterocycles. The number of rotatable bonds is 3. The molecule has 5 aromatic rings. The number of hydrogen-bond acceptors (Lipinski definition) is 2. The number of aromatic hydroxyl groups is 1. The molecule has 5 aromatic carbocycles. The molecule has 0 aliphatic heterocycles. The van der Waals surface area contributed by atoms with Crippen molar-refractivity contribution in [2.75, 3.05) is 5.32 Å². The van der Waals surface area contributed by atoms with Crippen LogP contribution in [0.15, 0.2) is 133 Å². The number of anilines is 2. The first-order valence-corrected chi connectivity index (χ1v) is 13.6. The van der Waals surface area contributed by atoms with Crippen molar-refractivity contribution in [3.8, 4) is 28.0 Å². The highest BCUT2D eigenvalue weighted by Gasteiger charge is 2.52. The Labute approximate surface area is 228 Å². The van der Waals surface area contributed by atoms with Crippen LogP contribution in [-0.2, 0) is 5.41 Å². The zero-order chi connectivity index (χ0) is 26.0. The maximum atomic E-state index is 10.5. The van der Waals surface area contributed by atoms with Crippen molar-refractivity contribution in [3.63, 3.8) is 0 Å². The molecule has 0 amide bonds. The molecule has 0 radical (unpaired) electrons. The van der Waals surface area contributed by atoms with Gasteiger partial charge in [0.1, 0.15) is 5.75 Å². The topological polar surface area (TPSA) is 32.3 Å². The zero-order valence-corrected chi connectivity index (χ0v) is 21.5. The monoisotopic (exact) mass is 501 g/mol. The third-order valence-corrected chi connectivity index (χ3v) is 8.66. The molecule has 0 bridgehead atoms. The van der Waals surface area contributed by atoms with Crippen LogP contribution >= 0.6 is 0 Å². The third-order valence-electron chi connectivity index (χ3n) is 8.66. The highest BCUT2D eigenvalue weighted by Crippen LogP contribution is 2.63. The van der Waals surface area contributed by atoms with Crippen molar-refractivity contribution < 1.29 is 5.11 Å². The van der Waals surface area contributed by atoms with Gasteiger partial charge < -0.3 is 10.4 Å². The molecule has 3 aliphatic rings. The number of hydrogen-bond donors (Lipinski definition) is 2. The molecule has 0 saturated heterocycles. The predicted octanol–water partition coefficient (Wildman–Crippen LogP) is 9.23. The van der Waals surface area contributed by atoms with E-state index in [9.17, 15) is 5.11 Å². The molecule has 2 N–H and O–H groups in total. The fourth-order valence-corrected chi connectivity index (χ4v) is 7.12. The fraction of sp³-hybridized carbons (Fsp3) is 0.0811. The summed E-state index contributed by atoms with van der Waals surface area (Å²) in [6, 6.07) is 40.5. The fourth-order valence-electron chi connectivity index (χ4n) is 7.12. The lowest BCUT2D eigenvalue weighted by Crippen LogP contribution is -2.27. The van der Waals surface area contributed by atoms with Crippen LogP contribution in [0.4, 0.5) is 11.4 Å². The Morgan fingerprint density at radius 3 is 2.05 bits per heavy atom. The molecule has 0 saturated carbocycles. The molecule has 2 nitrogen and oxygen atoms in total. The second kappa shape index (κ2) is 8.34. The Morgan fingerprint density at radius 2 is 1.23 bits per heavy atom. The van der Waals surface area contributed by atoms with E-state index < -0.39 is 0 Å². The molecular weight excluding hydrogens is 474 g/mol. The largest absolute Gasteiger partial charge is 0.507 e. The molecule has 39 heavy (non-hydrogen) atoms. The van der Waals surface area contributed by atoms with Gasteiger partial charge in [-0.1, -0.05) is 97.1 Å². The lowest BCUT2D eigenvalue weighted by molar-refractivity contribution is 0.477. The smallest absolute Gasteiger partial charge is 0.123 e. The minimum atomic E-state index is -0.236. The third kappa shape index (κ3) is 3.09. The van der Waals surface area contributed by atoms with Gasteiger partial charge in [-0.25, -0.2) is 0 Å². The number of nitrogens with one attached hydrogen (secondary N) is 1. The van der Waals surface area contributed by atoms with Gasteiger partial charge in [-0.05, 0) is 93.3 Å². The second-order valence-electron chi connectivity index (χ2n) is 10.7. The Hall–Kier alpha value is -4.82. The van der Waals surface area contributed by atoms with Crippen molar-refractivity contribution in [2.45, 2.75) is 18.3 Å². The summed E-state index contributed by atoms with van der Waals surface area (Å²) in [5, 5.41) is 14.2. The molecule has 1 unspecified atom stereocenters. The number of fused-ring (bicyclic) bond motifs is 9. The number of allylic oxidation sites excluding steroid dienone is 4. The summed E-state index contributed by atoms with van der Waals surface area (Å²) in [6.45, 7) is 0. The van der Waals surface area contributed by atoms with Gasteiger partial charge in [0.05, 0.1) is 5.41 Å². The van der Waals surface area contributed by atoms with Crippen LogP contribution < -0.4 is 5.32 Å². The van der Waals surface area contributed by atoms with Gasteiger partial charge in [-0.2, -0.15) is 0 Å². The Balaban J connectivity index is 1.28. The minimum Gasteiger partial charge on any atom is -0.507 e. The van der Waals surface area contributed by atoms with Crippen LogP contribution in [0.3, 0.4) is 0 Å². The van der Waals surface area contributed by atoms with Crippen LogP contribution in [0.25, 0.3) is 27.8 Å².